The smallest absolute Gasteiger partial charge is 0.225 e. The van der Waals surface area contributed by atoms with E-state index in [4.69, 9.17) is 0 Å². The van der Waals surface area contributed by atoms with Gasteiger partial charge in [0.15, 0.2) is 0 Å². The summed E-state index contributed by atoms with van der Waals surface area (Å²) in [5.41, 5.74) is 1.19. The number of amides is 1. The second kappa shape index (κ2) is 7.43. The molecule has 0 N–H and O–H groups in total. The molecule has 1 heterocycles. The van der Waals surface area contributed by atoms with E-state index >= 15 is 0 Å². The average molecular weight is 318 g/mol. The van der Waals surface area contributed by atoms with Crippen LogP contribution in [0.5, 0.6) is 0 Å². The highest BCUT2D eigenvalue weighted by molar-refractivity contribution is 5.79. The molecule has 1 aliphatic carbocycles. The van der Waals surface area contributed by atoms with Gasteiger partial charge in [-0.1, -0.05) is 19.1 Å². The molecule has 1 aliphatic heterocycles. The summed E-state index contributed by atoms with van der Waals surface area (Å²) in [6, 6.07) is 6.79. The van der Waals surface area contributed by atoms with Crippen LogP contribution in [0, 0.1) is 17.7 Å². The van der Waals surface area contributed by atoms with E-state index in [1.54, 1.807) is 0 Å². The van der Waals surface area contributed by atoms with Crippen LogP contribution in [0.2, 0.25) is 0 Å². The van der Waals surface area contributed by atoms with Crippen LogP contribution >= 0.6 is 0 Å². The first-order chi connectivity index (χ1) is 11.1. The van der Waals surface area contributed by atoms with E-state index in [0.29, 0.717) is 11.8 Å². The third-order valence-corrected chi connectivity index (χ3v) is 5.26. The fourth-order valence-electron chi connectivity index (χ4n) is 3.44. The summed E-state index contributed by atoms with van der Waals surface area (Å²) >= 11 is 0. The van der Waals surface area contributed by atoms with Crippen LogP contribution in [-0.4, -0.2) is 48.4 Å². The van der Waals surface area contributed by atoms with Crippen molar-refractivity contribution in [2.24, 2.45) is 11.8 Å². The largest absolute Gasteiger partial charge is 0.340 e. The summed E-state index contributed by atoms with van der Waals surface area (Å²) < 4.78 is 12.9. The highest BCUT2D eigenvalue weighted by Crippen LogP contribution is 2.37. The Morgan fingerprint density at radius 1 is 1.17 bits per heavy atom. The monoisotopic (exact) mass is 318 g/mol. The summed E-state index contributed by atoms with van der Waals surface area (Å²) in [6.07, 6.45) is 4.53. The topological polar surface area (TPSA) is 23.6 Å². The molecule has 1 saturated heterocycles. The standard InChI is InChI=1S/C19H27FN2O/c1-15(17-6-7-17)19(23)22-13-11-21(12-14-22)10-2-3-16-4-8-18(20)9-5-16/h4-5,8-9,15,17H,2-3,6-7,10-14H2,1H3. The number of carbonyl (C=O) groups is 1. The number of halogens is 1. The van der Waals surface area contributed by atoms with Crippen LogP contribution in [0.25, 0.3) is 0 Å². The quantitative estimate of drug-likeness (QED) is 0.805. The maximum Gasteiger partial charge on any atom is 0.225 e. The lowest BCUT2D eigenvalue weighted by atomic mass is 10.0. The van der Waals surface area contributed by atoms with E-state index in [9.17, 15) is 9.18 Å². The molecule has 1 atom stereocenters. The maximum absolute atomic E-state index is 12.9. The van der Waals surface area contributed by atoms with Gasteiger partial charge < -0.3 is 4.90 Å². The Morgan fingerprint density at radius 3 is 2.43 bits per heavy atom. The Kier molecular flexibility index (Phi) is 5.31. The highest BCUT2D eigenvalue weighted by atomic mass is 19.1. The molecule has 2 aliphatic rings. The molecule has 1 aromatic carbocycles. The number of benzene rings is 1. The first-order valence-corrected chi connectivity index (χ1v) is 8.89. The predicted octanol–water partition coefficient (Wildman–Crippen LogP) is 2.95. The lowest BCUT2D eigenvalue weighted by Crippen LogP contribution is -2.50. The molecule has 23 heavy (non-hydrogen) atoms. The minimum atomic E-state index is -0.171. The molecule has 0 radical (unpaired) electrons. The number of hydrogen-bond donors (Lipinski definition) is 0. The zero-order chi connectivity index (χ0) is 16.2. The summed E-state index contributed by atoms with van der Waals surface area (Å²) in [4.78, 5) is 16.9. The van der Waals surface area contributed by atoms with E-state index < -0.39 is 0 Å². The minimum Gasteiger partial charge on any atom is -0.340 e. The number of piperazine rings is 1. The fraction of sp³-hybridized carbons (Fsp3) is 0.632. The van der Waals surface area contributed by atoms with E-state index in [1.807, 2.05) is 12.1 Å². The van der Waals surface area contributed by atoms with Crippen LogP contribution in [0.3, 0.4) is 0 Å². The van der Waals surface area contributed by atoms with Crippen molar-refractivity contribution in [1.29, 1.82) is 0 Å². The summed E-state index contributed by atoms with van der Waals surface area (Å²) in [6.45, 7) is 6.84. The van der Waals surface area contributed by atoms with Gasteiger partial charge in [0.05, 0.1) is 0 Å². The van der Waals surface area contributed by atoms with Crippen molar-refractivity contribution in [2.45, 2.75) is 32.6 Å². The molecular formula is C19H27FN2O. The van der Waals surface area contributed by atoms with Crippen LogP contribution in [0.15, 0.2) is 24.3 Å². The maximum atomic E-state index is 12.9. The van der Waals surface area contributed by atoms with E-state index in [1.165, 1.54) is 30.5 Å². The molecule has 2 fully saturated rings. The lowest BCUT2D eigenvalue weighted by Gasteiger charge is -2.36. The summed E-state index contributed by atoms with van der Waals surface area (Å²) in [5.74, 6) is 1.06. The van der Waals surface area contributed by atoms with Crippen molar-refractivity contribution in [3.05, 3.63) is 35.6 Å². The Labute approximate surface area is 138 Å². The molecule has 1 saturated carbocycles. The first kappa shape index (κ1) is 16.4. The summed E-state index contributed by atoms with van der Waals surface area (Å²) in [5, 5.41) is 0. The molecule has 0 spiro atoms. The van der Waals surface area contributed by atoms with Gasteiger partial charge in [0.1, 0.15) is 5.82 Å². The lowest BCUT2D eigenvalue weighted by molar-refractivity contribution is -0.137. The van der Waals surface area contributed by atoms with Crippen molar-refractivity contribution >= 4 is 5.91 Å². The molecule has 1 amide bonds. The van der Waals surface area contributed by atoms with Gasteiger partial charge in [-0.2, -0.15) is 0 Å². The van der Waals surface area contributed by atoms with Crippen molar-refractivity contribution in [3.63, 3.8) is 0 Å². The van der Waals surface area contributed by atoms with E-state index in [-0.39, 0.29) is 11.7 Å². The Hall–Kier alpha value is -1.42. The van der Waals surface area contributed by atoms with Gasteiger partial charge in [-0.05, 0) is 55.8 Å². The zero-order valence-electron chi connectivity index (χ0n) is 14.0. The second-order valence-electron chi connectivity index (χ2n) is 7.02. The second-order valence-corrected chi connectivity index (χ2v) is 7.02. The molecule has 0 aromatic heterocycles. The normalized spacial score (nSPS) is 20.5. The highest BCUT2D eigenvalue weighted by Gasteiger charge is 2.35. The first-order valence-electron chi connectivity index (χ1n) is 8.89. The van der Waals surface area contributed by atoms with E-state index in [0.717, 1.165) is 45.6 Å². The number of hydrogen-bond acceptors (Lipinski definition) is 2. The van der Waals surface area contributed by atoms with Gasteiger partial charge in [0.2, 0.25) is 5.91 Å². The van der Waals surface area contributed by atoms with Crippen LogP contribution in [0.4, 0.5) is 4.39 Å². The van der Waals surface area contributed by atoms with Crippen molar-refractivity contribution in [1.82, 2.24) is 9.80 Å². The third-order valence-electron chi connectivity index (χ3n) is 5.26. The van der Waals surface area contributed by atoms with Gasteiger partial charge in [0.25, 0.3) is 0 Å². The SMILES string of the molecule is CC(C(=O)N1CCN(CCCc2ccc(F)cc2)CC1)C1CC1. The molecular weight excluding hydrogens is 291 g/mol. The fourth-order valence-corrected chi connectivity index (χ4v) is 3.44. The van der Waals surface area contributed by atoms with Crippen molar-refractivity contribution in [3.8, 4) is 0 Å². The van der Waals surface area contributed by atoms with Gasteiger partial charge >= 0.3 is 0 Å². The van der Waals surface area contributed by atoms with Crippen molar-refractivity contribution < 1.29 is 9.18 Å². The zero-order valence-corrected chi connectivity index (χ0v) is 14.0. The van der Waals surface area contributed by atoms with Gasteiger partial charge in [0, 0.05) is 32.1 Å². The van der Waals surface area contributed by atoms with Gasteiger partial charge in [-0.15, -0.1) is 0 Å². The number of aryl methyl sites for hydroxylation is 1. The van der Waals surface area contributed by atoms with Crippen LogP contribution in [-0.2, 0) is 11.2 Å². The minimum absolute atomic E-state index is 0.171. The predicted molar refractivity (Wildman–Crippen MR) is 89.6 cm³/mol. The van der Waals surface area contributed by atoms with Crippen LogP contribution < -0.4 is 0 Å². The van der Waals surface area contributed by atoms with Crippen molar-refractivity contribution in [2.75, 3.05) is 32.7 Å². The Balaban J connectivity index is 1.35. The molecule has 126 valence electrons. The Bertz CT molecular complexity index is 519. The molecule has 3 rings (SSSR count). The van der Waals surface area contributed by atoms with Gasteiger partial charge in [-0.25, -0.2) is 4.39 Å². The van der Waals surface area contributed by atoms with Crippen LogP contribution in [0.1, 0.15) is 31.7 Å². The molecule has 3 nitrogen and oxygen atoms in total. The van der Waals surface area contributed by atoms with Gasteiger partial charge in [-0.3, -0.25) is 9.69 Å². The average Bonchev–Trinajstić information content (AvgIpc) is 3.41. The Morgan fingerprint density at radius 2 is 1.83 bits per heavy atom. The number of carbonyl (C=O) groups excluding carboxylic acids is 1. The molecule has 0 bridgehead atoms. The van der Waals surface area contributed by atoms with E-state index in [2.05, 4.69) is 16.7 Å². The molecule has 1 aromatic rings. The summed E-state index contributed by atoms with van der Waals surface area (Å²) in [7, 11) is 0. The molecule has 4 heteroatoms. The number of nitrogens with zero attached hydrogens (tertiary/aromatic N) is 2. The molecule has 1 unspecified atom stereocenters. The third kappa shape index (κ3) is 4.54. The number of rotatable bonds is 6.